The zero-order chi connectivity index (χ0) is 17.4. The first-order valence-electron chi connectivity index (χ1n) is 8.84. The predicted octanol–water partition coefficient (Wildman–Crippen LogP) is 6.19. The average molecular weight is 333 g/mol. The molecule has 0 spiro atoms. The van der Waals surface area contributed by atoms with Crippen molar-refractivity contribution in [2.75, 3.05) is 5.32 Å². The molecule has 122 valence electrons. The van der Waals surface area contributed by atoms with E-state index in [1.54, 1.807) is 6.92 Å². The van der Waals surface area contributed by atoms with E-state index in [9.17, 15) is 4.79 Å². The summed E-state index contributed by atoms with van der Waals surface area (Å²) in [5.74, 6) is -0.0429. The number of anilines is 1. The van der Waals surface area contributed by atoms with Gasteiger partial charge in [0.05, 0.1) is 0 Å². The Morgan fingerprint density at radius 3 is 2.27 bits per heavy atom. The number of nitrogens with one attached hydrogen (secondary N) is 1. The summed E-state index contributed by atoms with van der Waals surface area (Å²) in [4.78, 5) is 11.7. The van der Waals surface area contributed by atoms with E-state index >= 15 is 0 Å². The Kier molecular flexibility index (Phi) is 2.46. The second-order valence-electron chi connectivity index (χ2n) is 7.06. The van der Waals surface area contributed by atoms with Crippen molar-refractivity contribution in [1.82, 2.24) is 0 Å². The van der Waals surface area contributed by atoms with Gasteiger partial charge in [0.2, 0.25) is 5.91 Å². The molecule has 1 aliphatic rings. The van der Waals surface area contributed by atoms with Gasteiger partial charge in [-0.3, -0.25) is 4.79 Å². The second-order valence-corrected chi connectivity index (χ2v) is 7.06. The fraction of sp³-hybridized carbons (Fsp3) is 0.0417. The van der Waals surface area contributed by atoms with Crippen LogP contribution in [0.1, 0.15) is 6.92 Å². The molecule has 1 amide bonds. The highest BCUT2D eigenvalue weighted by atomic mass is 16.1. The number of hydrogen-bond donors (Lipinski definition) is 1. The smallest absolute Gasteiger partial charge is 0.221 e. The summed E-state index contributed by atoms with van der Waals surface area (Å²) < 4.78 is 0. The van der Waals surface area contributed by atoms with Crippen LogP contribution < -0.4 is 5.32 Å². The van der Waals surface area contributed by atoms with Crippen molar-refractivity contribution >= 4 is 43.9 Å². The molecule has 6 rings (SSSR count). The van der Waals surface area contributed by atoms with Crippen LogP contribution in [0.15, 0.2) is 66.7 Å². The summed E-state index contributed by atoms with van der Waals surface area (Å²) in [7, 11) is 0. The van der Waals surface area contributed by atoms with Crippen LogP contribution in [0.25, 0.3) is 54.6 Å². The van der Waals surface area contributed by atoms with Crippen LogP contribution in [0, 0.1) is 0 Å². The van der Waals surface area contributed by atoms with E-state index < -0.39 is 0 Å². The summed E-state index contributed by atoms with van der Waals surface area (Å²) in [6.07, 6.45) is 0. The van der Waals surface area contributed by atoms with Crippen molar-refractivity contribution in [2.24, 2.45) is 0 Å². The average Bonchev–Trinajstić information content (AvgIpc) is 2.97. The Labute approximate surface area is 150 Å². The molecule has 2 nitrogen and oxygen atoms in total. The van der Waals surface area contributed by atoms with E-state index in [0.717, 1.165) is 11.3 Å². The normalized spacial score (nSPS) is 12.2. The molecule has 0 bridgehead atoms. The van der Waals surface area contributed by atoms with Crippen molar-refractivity contribution in [1.29, 1.82) is 0 Å². The maximum atomic E-state index is 11.7. The van der Waals surface area contributed by atoms with Gasteiger partial charge in [-0.15, -0.1) is 0 Å². The zero-order valence-electron chi connectivity index (χ0n) is 14.3. The lowest BCUT2D eigenvalue weighted by atomic mass is 9.91. The number of benzene rings is 5. The molecule has 1 N–H and O–H groups in total. The maximum absolute atomic E-state index is 11.7. The number of fused-ring (bicyclic) bond motifs is 3. The van der Waals surface area contributed by atoms with Crippen molar-refractivity contribution < 1.29 is 4.79 Å². The third-order valence-corrected chi connectivity index (χ3v) is 5.56. The second kappa shape index (κ2) is 4.61. The van der Waals surface area contributed by atoms with E-state index in [0.29, 0.717) is 0 Å². The van der Waals surface area contributed by atoms with Gasteiger partial charge in [-0.05, 0) is 61.1 Å². The molecule has 2 heteroatoms. The Bertz CT molecular complexity index is 1380. The minimum Gasteiger partial charge on any atom is -0.326 e. The monoisotopic (exact) mass is 333 g/mol. The van der Waals surface area contributed by atoms with Crippen molar-refractivity contribution in [3.05, 3.63) is 66.7 Å². The highest BCUT2D eigenvalue weighted by molar-refractivity contribution is 6.32. The number of rotatable bonds is 1. The van der Waals surface area contributed by atoms with Gasteiger partial charge in [0.1, 0.15) is 0 Å². The molecule has 0 atom stereocenters. The van der Waals surface area contributed by atoms with Crippen LogP contribution >= 0.6 is 0 Å². The van der Waals surface area contributed by atoms with Crippen molar-refractivity contribution in [3.8, 4) is 22.3 Å². The van der Waals surface area contributed by atoms with Crippen LogP contribution in [-0.4, -0.2) is 5.91 Å². The SMILES string of the molecule is CC(=O)Nc1cccc2c1-c1ccc3ccc4cccc5cc-2c1c3c45. The van der Waals surface area contributed by atoms with Gasteiger partial charge < -0.3 is 5.32 Å². The van der Waals surface area contributed by atoms with Gasteiger partial charge in [0.25, 0.3) is 0 Å². The number of carbonyl (C=O) groups excluding carboxylic acids is 1. The summed E-state index contributed by atoms with van der Waals surface area (Å²) in [5.41, 5.74) is 5.70. The van der Waals surface area contributed by atoms with Gasteiger partial charge in [0, 0.05) is 18.2 Å². The molecule has 26 heavy (non-hydrogen) atoms. The maximum Gasteiger partial charge on any atom is 0.221 e. The Morgan fingerprint density at radius 2 is 1.42 bits per heavy atom. The van der Waals surface area contributed by atoms with Crippen LogP contribution in [-0.2, 0) is 4.79 Å². The highest BCUT2D eigenvalue weighted by Gasteiger charge is 2.26. The molecule has 5 aromatic rings. The first-order chi connectivity index (χ1) is 12.7. The Morgan fingerprint density at radius 1 is 0.692 bits per heavy atom. The minimum absolute atomic E-state index is 0.0429. The van der Waals surface area contributed by atoms with E-state index in [1.165, 1.54) is 49.0 Å². The third-order valence-electron chi connectivity index (χ3n) is 5.56. The van der Waals surface area contributed by atoms with Crippen LogP contribution in [0.4, 0.5) is 5.69 Å². The lowest BCUT2D eigenvalue weighted by Crippen LogP contribution is -2.06. The van der Waals surface area contributed by atoms with Crippen molar-refractivity contribution in [3.63, 3.8) is 0 Å². The molecule has 5 aromatic carbocycles. The van der Waals surface area contributed by atoms with Gasteiger partial charge >= 0.3 is 0 Å². The summed E-state index contributed by atoms with van der Waals surface area (Å²) >= 11 is 0. The number of carbonyl (C=O) groups is 1. The first-order valence-corrected chi connectivity index (χ1v) is 8.84. The molecule has 0 heterocycles. The van der Waals surface area contributed by atoms with Gasteiger partial charge in [-0.2, -0.15) is 0 Å². The fourth-order valence-corrected chi connectivity index (χ4v) is 4.63. The van der Waals surface area contributed by atoms with Crippen LogP contribution in [0.5, 0.6) is 0 Å². The Balaban J connectivity index is 1.86. The lowest BCUT2D eigenvalue weighted by Gasteiger charge is -2.12. The minimum atomic E-state index is -0.0429. The largest absolute Gasteiger partial charge is 0.326 e. The molecular formula is C24H15NO. The molecule has 0 saturated heterocycles. The molecule has 0 aliphatic heterocycles. The van der Waals surface area contributed by atoms with E-state index in [2.05, 4.69) is 59.9 Å². The molecule has 1 aliphatic carbocycles. The lowest BCUT2D eigenvalue weighted by molar-refractivity contribution is -0.114. The molecular weight excluding hydrogens is 318 g/mol. The fourth-order valence-electron chi connectivity index (χ4n) is 4.63. The number of amides is 1. The third kappa shape index (κ3) is 1.59. The predicted molar refractivity (Wildman–Crippen MR) is 109 cm³/mol. The highest BCUT2D eigenvalue weighted by Crippen LogP contribution is 2.53. The molecule has 0 saturated carbocycles. The molecule has 0 aromatic heterocycles. The van der Waals surface area contributed by atoms with Crippen LogP contribution in [0.3, 0.4) is 0 Å². The van der Waals surface area contributed by atoms with E-state index in [-0.39, 0.29) is 5.91 Å². The van der Waals surface area contributed by atoms with Gasteiger partial charge in [0.15, 0.2) is 0 Å². The standard InChI is InChI=1S/C24H15NO/c1-13(26)25-20-7-3-6-17-19-12-16-5-2-4-14-8-9-15-10-11-18(23(17)20)24(19)22(15)21(14)16/h2-12H,1H3,(H,25,26). The quantitative estimate of drug-likeness (QED) is 0.357. The first kappa shape index (κ1) is 13.9. The van der Waals surface area contributed by atoms with E-state index in [1.807, 2.05) is 12.1 Å². The summed E-state index contributed by atoms with van der Waals surface area (Å²) in [6.45, 7) is 1.56. The molecule has 0 unspecified atom stereocenters. The van der Waals surface area contributed by atoms with Gasteiger partial charge in [-0.1, -0.05) is 54.6 Å². The van der Waals surface area contributed by atoms with Gasteiger partial charge in [-0.25, -0.2) is 0 Å². The zero-order valence-corrected chi connectivity index (χ0v) is 14.3. The summed E-state index contributed by atoms with van der Waals surface area (Å²) in [6, 6.07) is 23.8. The Hall–Kier alpha value is -3.39. The van der Waals surface area contributed by atoms with Crippen LogP contribution in [0.2, 0.25) is 0 Å². The molecule has 0 fully saturated rings. The van der Waals surface area contributed by atoms with E-state index in [4.69, 9.17) is 0 Å². The summed E-state index contributed by atoms with van der Waals surface area (Å²) in [5, 5.41) is 10.8. The topological polar surface area (TPSA) is 29.1 Å². The number of hydrogen-bond acceptors (Lipinski definition) is 1. The molecule has 0 radical (unpaired) electrons. The van der Waals surface area contributed by atoms with Crippen molar-refractivity contribution in [2.45, 2.75) is 6.92 Å².